The standard InChI is InChI=1S/C24H22N4O4S/c1-3-28(4-2)23(31)18-13-12-16-17(20(18)29)6-5-7-19(16)25-21(30)14-8-10-15(11-9-14)22-26-27-24(33)32-22/h5-13,29H,3-4H2,1-2H3,(H,25,30)(H,27,33). The van der Waals surface area contributed by atoms with Crippen molar-refractivity contribution in [2.45, 2.75) is 13.8 Å². The molecular formula is C24H22N4O4S. The Morgan fingerprint density at radius 3 is 2.42 bits per heavy atom. The van der Waals surface area contributed by atoms with E-state index in [1.165, 1.54) is 0 Å². The number of H-pyrrole nitrogens is 1. The van der Waals surface area contributed by atoms with Gasteiger partial charge in [-0.05, 0) is 62.5 Å². The molecule has 0 radical (unpaired) electrons. The normalized spacial score (nSPS) is 10.8. The number of phenolic OH excluding ortho intramolecular Hbond substituents is 1. The van der Waals surface area contributed by atoms with E-state index in [0.717, 1.165) is 0 Å². The topological polar surface area (TPSA) is 111 Å². The van der Waals surface area contributed by atoms with Crippen LogP contribution in [0.5, 0.6) is 5.75 Å². The first-order chi connectivity index (χ1) is 15.9. The molecule has 0 aliphatic heterocycles. The van der Waals surface area contributed by atoms with Gasteiger partial charge in [-0.3, -0.25) is 9.59 Å². The maximum atomic E-state index is 12.8. The summed E-state index contributed by atoms with van der Waals surface area (Å²) in [5.74, 6) is -0.319. The Labute approximate surface area is 194 Å². The maximum absolute atomic E-state index is 12.8. The van der Waals surface area contributed by atoms with Crippen molar-refractivity contribution >= 4 is 40.5 Å². The number of aromatic hydroxyl groups is 1. The fourth-order valence-electron chi connectivity index (χ4n) is 3.62. The molecular weight excluding hydrogens is 440 g/mol. The number of amides is 2. The molecule has 0 saturated carbocycles. The zero-order valence-electron chi connectivity index (χ0n) is 18.1. The summed E-state index contributed by atoms with van der Waals surface area (Å²) in [6.07, 6.45) is 0. The van der Waals surface area contributed by atoms with Gasteiger partial charge in [0.15, 0.2) is 0 Å². The lowest BCUT2D eigenvalue weighted by Crippen LogP contribution is -2.30. The molecule has 0 atom stereocenters. The van der Waals surface area contributed by atoms with Crippen LogP contribution >= 0.6 is 12.2 Å². The van der Waals surface area contributed by atoms with E-state index in [2.05, 4.69) is 15.5 Å². The molecule has 8 nitrogen and oxygen atoms in total. The lowest BCUT2D eigenvalue weighted by Gasteiger charge is -2.20. The first-order valence-corrected chi connectivity index (χ1v) is 10.8. The third-order valence-electron chi connectivity index (χ3n) is 5.39. The summed E-state index contributed by atoms with van der Waals surface area (Å²) in [5.41, 5.74) is 1.87. The molecule has 1 heterocycles. The van der Waals surface area contributed by atoms with Crippen molar-refractivity contribution in [3.05, 3.63) is 70.6 Å². The van der Waals surface area contributed by atoms with Gasteiger partial charge in [0.1, 0.15) is 5.75 Å². The molecule has 3 N–H and O–H groups in total. The Morgan fingerprint density at radius 1 is 1.06 bits per heavy atom. The number of benzene rings is 3. The SMILES string of the molecule is CCN(CC)C(=O)c1ccc2c(NC(=O)c3ccc(-c4n[nH]c(=S)o4)cc3)cccc2c1O. The predicted octanol–water partition coefficient (Wildman–Crippen LogP) is 4.99. The number of rotatable bonds is 6. The van der Waals surface area contributed by atoms with E-state index in [-0.39, 0.29) is 28.0 Å². The summed E-state index contributed by atoms with van der Waals surface area (Å²) in [5, 5.41) is 21.3. The molecule has 0 aliphatic carbocycles. The fraction of sp³-hybridized carbons (Fsp3) is 0.167. The number of carbonyl (C=O) groups is 2. The van der Waals surface area contributed by atoms with Gasteiger partial charge in [-0.2, -0.15) is 0 Å². The van der Waals surface area contributed by atoms with Gasteiger partial charge in [-0.25, -0.2) is 5.10 Å². The summed E-state index contributed by atoms with van der Waals surface area (Å²) in [6, 6.07) is 15.2. The van der Waals surface area contributed by atoms with Crippen molar-refractivity contribution in [2.24, 2.45) is 0 Å². The van der Waals surface area contributed by atoms with Crippen LogP contribution in [-0.4, -0.2) is 45.1 Å². The Bertz CT molecular complexity index is 1390. The van der Waals surface area contributed by atoms with Crippen molar-refractivity contribution in [2.75, 3.05) is 18.4 Å². The maximum Gasteiger partial charge on any atom is 0.284 e. The second kappa shape index (κ2) is 9.25. The van der Waals surface area contributed by atoms with Gasteiger partial charge < -0.3 is 19.7 Å². The van der Waals surface area contributed by atoms with E-state index >= 15 is 0 Å². The Balaban J connectivity index is 1.61. The Morgan fingerprint density at radius 2 is 1.79 bits per heavy atom. The molecule has 0 bridgehead atoms. The van der Waals surface area contributed by atoms with Gasteiger partial charge in [0.2, 0.25) is 5.89 Å². The van der Waals surface area contributed by atoms with Gasteiger partial charge in [-0.15, -0.1) is 5.10 Å². The summed E-state index contributed by atoms with van der Waals surface area (Å²) in [4.78, 5) is 27.4. The molecule has 0 saturated heterocycles. The second-order valence-corrected chi connectivity index (χ2v) is 7.66. The Hall–Kier alpha value is -3.98. The minimum atomic E-state index is -0.320. The van der Waals surface area contributed by atoms with Gasteiger partial charge in [0.25, 0.3) is 16.7 Å². The van der Waals surface area contributed by atoms with Crippen molar-refractivity contribution in [1.29, 1.82) is 0 Å². The number of hydrogen-bond acceptors (Lipinski definition) is 6. The number of hydrogen-bond donors (Lipinski definition) is 3. The quantitative estimate of drug-likeness (QED) is 0.348. The average molecular weight is 463 g/mol. The highest BCUT2D eigenvalue weighted by Crippen LogP contribution is 2.34. The van der Waals surface area contributed by atoms with E-state index in [0.29, 0.717) is 46.6 Å². The fourth-order valence-corrected chi connectivity index (χ4v) is 3.74. The Kier molecular flexibility index (Phi) is 6.23. The molecule has 4 rings (SSSR count). The van der Waals surface area contributed by atoms with Crippen molar-refractivity contribution < 1.29 is 19.1 Å². The summed E-state index contributed by atoms with van der Waals surface area (Å²) < 4.78 is 5.28. The van der Waals surface area contributed by atoms with E-state index in [1.807, 2.05) is 13.8 Å². The smallest absolute Gasteiger partial charge is 0.284 e. The summed E-state index contributed by atoms with van der Waals surface area (Å²) in [6.45, 7) is 4.87. The van der Waals surface area contributed by atoms with Gasteiger partial charge >= 0.3 is 0 Å². The van der Waals surface area contributed by atoms with E-state index in [1.54, 1.807) is 59.5 Å². The molecule has 1 aromatic heterocycles. The van der Waals surface area contributed by atoms with Crippen molar-refractivity contribution in [3.8, 4) is 17.2 Å². The van der Waals surface area contributed by atoms with E-state index < -0.39 is 0 Å². The number of phenols is 1. The van der Waals surface area contributed by atoms with Crippen LogP contribution in [0.3, 0.4) is 0 Å². The second-order valence-electron chi connectivity index (χ2n) is 7.29. The lowest BCUT2D eigenvalue weighted by molar-refractivity contribution is 0.0770. The van der Waals surface area contributed by atoms with Gasteiger partial charge in [0.05, 0.1) is 5.56 Å². The van der Waals surface area contributed by atoms with Crippen LogP contribution in [0.1, 0.15) is 34.6 Å². The molecule has 33 heavy (non-hydrogen) atoms. The molecule has 0 unspecified atom stereocenters. The number of aromatic nitrogens is 2. The molecule has 3 aromatic carbocycles. The lowest BCUT2D eigenvalue weighted by atomic mass is 10.0. The first kappa shape index (κ1) is 22.2. The molecule has 4 aromatic rings. The minimum absolute atomic E-state index is 0.103. The van der Waals surface area contributed by atoms with Crippen LogP contribution in [0.4, 0.5) is 5.69 Å². The van der Waals surface area contributed by atoms with Crippen LogP contribution in [-0.2, 0) is 0 Å². The predicted molar refractivity (Wildman–Crippen MR) is 128 cm³/mol. The molecule has 9 heteroatoms. The largest absolute Gasteiger partial charge is 0.506 e. The minimum Gasteiger partial charge on any atom is -0.506 e. The van der Waals surface area contributed by atoms with Gasteiger partial charge in [0, 0.05) is 40.7 Å². The third-order valence-corrected chi connectivity index (χ3v) is 5.57. The molecule has 2 amide bonds. The van der Waals surface area contributed by atoms with Crippen LogP contribution in [0.15, 0.2) is 59.0 Å². The number of anilines is 1. The number of nitrogens with one attached hydrogen (secondary N) is 2. The number of nitrogens with zero attached hydrogens (tertiary/aromatic N) is 2. The molecule has 168 valence electrons. The molecule has 0 aliphatic rings. The third kappa shape index (κ3) is 4.35. The van der Waals surface area contributed by atoms with Crippen molar-refractivity contribution in [1.82, 2.24) is 15.1 Å². The number of carbonyl (C=O) groups excluding carboxylic acids is 2. The molecule has 0 fully saturated rings. The van der Waals surface area contributed by atoms with Crippen LogP contribution in [0, 0.1) is 4.84 Å². The van der Waals surface area contributed by atoms with E-state index in [4.69, 9.17) is 16.6 Å². The summed E-state index contributed by atoms with van der Waals surface area (Å²) in [7, 11) is 0. The average Bonchev–Trinajstić information content (AvgIpc) is 3.27. The van der Waals surface area contributed by atoms with Crippen LogP contribution in [0.2, 0.25) is 0 Å². The van der Waals surface area contributed by atoms with Crippen LogP contribution < -0.4 is 5.32 Å². The highest BCUT2D eigenvalue weighted by Gasteiger charge is 2.19. The van der Waals surface area contributed by atoms with Crippen LogP contribution in [0.25, 0.3) is 22.2 Å². The highest BCUT2D eigenvalue weighted by molar-refractivity contribution is 7.71. The number of aromatic amines is 1. The molecule has 0 spiro atoms. The first-order valence-electron chi connectivity index (χ1n) is 10.4. The number of fused-ring (bicyclic) bond motifs is 1. The van der Waals surface area contributed by atoms with E-state index in [9.17, 15) is 14.7 Å². The zero-order chi connectivity index (χ0) is 23.5. The van der Waals surface area contributed by atoms with Gasteiger partial charge in [-0.1, -0.05) is 18.2 Å². The summed E-state index contributed by atoms with van der Waals surface area (Å²) >= 11 is 4.88. The monoisotopic (exact) mass is 462 g/mol. The zero-order valence-corrected chi connectivity index (χ0v) is 18.9. The van der Waals surface area contributed by atoms with Crippen molar-refractivity contribution in [3.63, 3.8) is 0 Å². The highest BCUT2D eigenvalue weighted by atomic mass is 32.1.